The number of rotatable bonds is 2. The number of pyridine rings is 1. The molecule has 0 spiro atoms. The van der Waals surface area contributed by atoms with Gasteiger partial charge in [-0.1, -0.05) is 12.1 Å². The van der Waals surface area contributed by atoms with Crippen LogP contribution in [0, 0.1) is 6.92 Å². The van der Waals surface area contributed by atoms with Crippen molar-refractivity contribution in [1.29, 1.82) is 0 Å². The number of hydrogen-bond donors (Lipinski definition) is 1. The first-order chi connectivity index (χ1) is 8.38. The number of benzene rings is 1. The van der Waals surface area contributed by atoms with Crippen LogP contribution in [0.25, 0.3) is 11.1 Å². The maximum Gasteiger partial charge on any atom is 0.175 e. The Balaban J connectivity index is 2.47. The minimum absolute atomic E-state index is 0.312. The third-order valence-electron chi connectivity index (χ3n) is 2.73. The van der Waals surface area contributed by atoms with Gasteiger partial charge in [-0.05, 0) is 36.2 Å². The third-order valence-corrected chi connectivity index (χ3v) is 3.85. The standard InChI is InChI=1S/C13H14N2O2S/c1-9-7-13(14)15-8-12(9)10-3-5-11(6-4-10)18(2,16)17/h3-8H,1-2H3,(H2,14,15). The fourth-order valence-electron chi connectivity index (χ4n) is 1.76. The van der Waals surface area contributed by atoms with Crippen LogP contribution in [0.15, 0.2) is 41.4 Å². The number of anilines is 1. The van der Waals surface area contributed by atoms with Crippen molar-refractivity contribution < 1.29 is 8.42 Å². The number of sulfone groups is 1. The average Bonchev–Trinajstić information content (AvgIpc) is 2.28. The normalized spacial score (nSPS) is 11.4. The summed E-state index contributed by atoms with van der Waals surface area (Å²) in [4.78, 5) is 4.36. The van der Waals surface area contributed by atoms with E-state index >= 15 is 0 Å². The lowest BCUT2D eigenvalue weighted by atomic mass is 10.0. The second-order valence-electron chi connectivity index (χ2n) is 4.22. The molecule has 0 saturated heterocycles. The summed E-state index contributed by atoms with van der Waals surface area (Å²) in [5.74, 6) is 0.476. The molecule has 0 radical (unpaired) electrons. The van der Waals surface area contributed by atoms with Crippen LogP contribution in [-0.2, 0) is 9.84 Å². The Bertz CT molecular complexity index is 677. The molecule has 2 N–H and O–H groups in total. The zero-order valence-electron chi connectivity index (χ0n) is 10.2. The van der Waals surface area contributed by atoms with Gasteiger partial charge in [0.1, 0.15) is 5.82 Å². The van der Waals surface area contributed by atoms with Crippen LogP contribution < -0.4 is 5.73 Å². The number of nitrogens with two attached hydrogens (primary N) is 1. The molecule has 0 unspecified atom stereocenters. The molecule has 2 aromatic rings. The molecule has 0 aliphatic carbocycles. The van der Waals surface area contributed by atoms with E-state index in [0.29, 0.717) is 10.7 Å². The predicted molar refractivity (Wildman–Crippen MR) is 71.9 cm³/mol. The van der Waals surface area contributed by atoms with E-state index in [1.54, 1.807) is 36.5 Å². The summed E-state index contributed by atoms with van der Waals surface area (Å²) in [6.45, 7) is 1.94. The average molecular weight is 262 g/mol. The van der Waals surface area contributed by atoms with Gasteiger partial charge in [0, 0.05) is 18.0 Å². The Kier molecular flexibility index (Phi) is 3.09. The summed E-state index contributed by atoms with van der Waals surface area (Å²) in [6, 6.07) is 8.54. The van der Waals surface area contributed by atoms with E-state index < -0.39 is 9.84 Å². The first-order valence-corrected chi connectivity index (χ1v) is 7.29. The van der Waals surface area contributed by atoms with Crippen LogP contribution in [0.4, 0.5) is 5.82 Å². The van der Waals surface area contributed by atoms with Gasteiger partial charge in [0.05, 0.1) is 4.90 Å². The Hall–Kier alpha value is -1.88. The lowest BCUT2D eigenvalue weighted by Crippen LogP contribution is -1.97. The molecule has 18 heavy (non-hydrogen) atoms. The first-order valence-electron chi connectivity index (χ1n) is 5.40. The van der Waals surface area contributed by atoms with Gasteiger partial charge in [-0.2, -0.15) is 0 Å². The molecular formula is C13H14N2O2S. The van der Waals surface area contributed by atoms with Crippen molar-refractivity contribution >= 4 is 15.7 Å². The molecule has 0 saturated carbocycles. The van der Waals surface area contributed by atoms with Gasteiger partial charge in [0.2, 0.25) is 0 Å². The van der Waals surface area contributed by atoms with Crippen molar-refractivity contribution in [2.24, 2.45) is 0 Å². The number of aromatic nitrogens is 1. The third kappa shape index (κ3) is 2.51. The van der Waals surface area contributed by atoms with E-state index in [9.17, 15) is 8.42 Å². The zero-order chi connectivity index (χ0) is 13.3. The number of nitrogens with zero attached hydrogens (tertiary/aromatic N) is 1. The Morgan fingerprint density at radius 3 is 2.28 bits per heavy atom. The highest BCUT2D eigenvalue weighted by Gasteiger charge is 2.08. The SMILES string of the molecule is Cc1cc(N)ncc1-c1ccc(S(C)(=O)=O)cc1. The van der Waals surface area contributed by atoms with Crippen molar-refractivity contribution in [3.8, 4) is 11.1 Å². The lowest BCUT2D eigenvalue weighted by Gasteiger charge is -2.07. The van der Waals surface area contributed by atoms with Crippen LogP contribution >= 0.6 is 0 Å². The molecular weight excluding hydrogens is 248 g/mol. The van der Waals surface area contributed by atoms with Crippen molar-refractivity contribution in [1.82, 2.24) is 4.98 Å². The molecule has 1 heterocycles. The molecule has 0 bridgehead atoms. The van der Waals surface area contributed by atoms with Crippen LogP contribution in [0.5, 0.6) is 0 Å². The van der Waals surface area contributed by atoms with Gasteiger partial charge in [0.25, 0.3) is 0 Å². The fraction of sp³-hybridized carbons (Fsp3) is 0.154. The molecule has 0 amide bonds. The molecule has 94 valence electrons. The Labute approximate surface area is 106 Å². The van der Waals surface area contributed by atoms with Crippen molar-refractivity contribution in [2.45, 2.75) is 11.8 Å². The summed E-state index contributed by atoms with van der Waals surface area (Å²) >= 11 is 0. The van der Waals surface area contributed by atoms with Crippen molar-refractivity contribution in [3.05, 3.63) is 42.1 Å². The maximum atomic E-state index is 11.4. The molecule has 4 nitrogen and oxygen atoms in total. The van der Waals surface area contributed by atoms with Gasteiger partial charge >= 0.3 is 0 Å². The quantitative estimate of drug-likeness (QED) is 0.899. The number of nitrogen functional groups attached to an aromatic ring is 1. The molecule has 0 aliphatic heterocycles. The highest BCUT2D eigenvalue weighted by Crippen LogP contribution is 2.24. The van der Waals surface area contributed by atoms with Gasteiger partial charge in [-0.25, -0.2) is 13.4 Å². The maximum absolute atomic E-state index is 11.4. The van der Waals surface area contributed by atoms with Gasteiger partial charge in [-0.15, -0.1) is 0 Å². The topological polar surface area (TPSA) is 73.0 Å². The van der Waals surface area contributed by atoms with Crippen molar-refractivity contribution in [3.63, 3.8) is 0 Å². The van der Waals surface area contributed by atoms with E-state index in [4.69, 9.17) is 5.73 Å². The zero-order valence-corrected chi connectivity index (χ0v) is 11.0. The minimum atomic E-state index is -3.15. The predicted octanol–water partition coefficient (Wildman–Crippen LogP) is 2.04. The summed E-state index contributed by atoms with van der Waals surface area (Å²) in [7, 11) is -3.15. The molecule has 5 heteroatoms. The van der Waals surface area contributed by atoms with Crippen LogP contribution in [-0.4, -0.2) is 19.7 Å². The minimum Gasteiger partial charge on any atom is -0.384 e. The summed E-state index contributed by atoms with van der Waals surface area (Å²) in [5, 5.41) is 0. The smallest absolute Gasteiger partial charge is 0.175 e. The number of hydrogen-bond acceptors (Lipinski definition) is 4. The Morgan fingerprint density at radius 1 is 1.17 bits per heavy atom. The van der Waals surface area contributed by atoms with E-state index in [-0.39, 0.29) is 0 Å². The second-order valence-corrected chi connectivity index (χ2v) is 6.24. The molecule has 0 fully saturated rings. The fourth-order valence-corrected chi connectivity index (χ4v) is 2.39. The van der Waals surface area contributed by atoms with Crippen molar-refractivity contribution in [2.75, 3.05) is 12.0 Å². The Morgan fingerprint density at radius 2 is 1.78 bits per heavy atom. The summed E-state index contributed by atoms with van der Waals surface area (Å²) in [5.41, 5.74) is 8.48. The molecule has 1 aromatic carbocycles. The monoisotopic (exact) mass is 262 g/mol. The highest BCUT2D eigenvalue weighted by molar-refractivity contribution is 7.90. The molecule has 0 atom stereocenters. The summed E-state index contributed by atoms with van der Waals surface area (Å²) < 4.78 is 22.7. The van der Waals surface area contributed by atoms with E-state index in [2.05, 4.69) is 4.98 Å². The van der Waals surface area contributed by atoms with Crippen LogP contribution in [0.3, 0.4) is 0 Å². The van der Waals surface area contributed by atoms with E-state index in [0.717, 1.165) is 16.7 Å². The second kappa shape index (κ2) is 4.42. The number of aryl methyl sites for hydroxylation is 1. The van der Waals surface area contributed by atoms with Crippen LogP contribution in [0.1, 0.15) is 5.56 Å². The molecule has 1 aromatic heterocycles. The molecule has 0 aliphatic rings. The largest absolute Gasteiger partial charge is 0.384 e. The van der Waals surface area contributed by atoms with Gasteiger partial charge in [0.15, 0.2) is 9.84 Å². The highest BCUT2D eigenvalue weighted by atomic mass is 32.2. The molecule has 2 rings (SSSR count). The summed E-state index contributed by atoms with van der Waals surface area (Å²) in [6.07, 6.45) is 2.89. The van der Waals surface area contributed by atoms with Gasteiger partial charge < -0.3 is 5.73 Å². The van der Waals surface area contributed by atoms with Crippen LogP contribution in [0.2, 0.25) is 0 Å². The lowest BCUT2D eigenvalue weighted by molar-refractivity contribution is 0.602. The van der Waals surface area contributed by atoms with Gasteiger partial charge in [-0.3, -0.25) is 0 Å². The van der Waals surface area contributed by atoms with E-state index in [1.807, 2.05) is 6.92 Å². The van der Waals surface area contributed by atoms with E-state index in [1.165, 1.54) is 6.26 Å². The first kappa shape index (κ1) is 12.6.